The molecule has 0 aliphatic carbocycles. The SMILES string of the molecule is CC(C)Cc1nc(C(=O)NC[C@@H]2CCn3ncc(C(N)=O)c3C2)cs1. The van der Waals surface area contributed by atoms with Gasteiger partial charge in [0.25, 0.3) is 11.8 Å². The molecule has 0 saturated heterocycles. The van der Waals surface area contributed by atoms with Crippen LogP contribution >= 0.6 is 11.3 Å². The third kappa shape index (κ3) is 4.07. The molecule has 1 atom stereocenters. The number of hydrogen-bond acceptors (Lipinski definition) is 5. The largest absolute Gasteiger partial charge is 0.365 e. The molecule has 3 heterocycles. The van der Waals surface area contributed by atoms with E-state index in [9.17, 15) is 9.59 Å². The van der Waals surface area contributed by atoms with E-state index < -0.39 is 5.91 Å². The number of carbonyl (C=O) groups is 2. The first-order chi connectivity index (χ1) is 11.9. The second-order valence-electron chi connectivity index (χ2n) is 6.89. The number of aryl methyl sites for hydroxylation is 1. The lowest BCUT2D eigenvalue weighted by Crippen LogP contribution is -2.34. The van der Waals surface area contributed by atoms with E-state index in [1.54, 1.807) is 0 Å². The molecule has 2 amide bonds. The molecule has 0 aromatic carbocycles. The molecular formula is C17H23N5O2S. The Balaban J connectivity index is 1.57. The molecular weight excluding hydrogens is 338 g/mol. The van der Waals surface area contributed by atoms with Crippen LogP contribution in [0.1, 0.15) is 51.8 Å². The lowest BCUT2D eigenvalue weighted by Gasteiger charge is -2.24. The third-order valence-corrected chi connectivity index (χ3v) is 5.24. The van der Waals surface area contributed by atoms with Crippen LogP contribution in [-0.2, 0) is 19.4 Å². The van der Waals surface area contributed by atoms with Crippen LogP contribution in [0.4, 0.5) is 0 Å². The molecule has 0 unspecified atom stereocenters. The lowest BCUT2D eigenvalue weighted by molar-refractivity contribution is 0.0937. The quantitative estimate of drug-likeness (QED) is 0.816. The molecule has 1 aliphatic rings. The Labute approximate surface area is 150 Å². The zero-order valence-electron chi connectivity index (χ0n) is 14.5. The van der Waals surface area contributed by atoms with Crippen LogP contribution < -0.4 is 11.1 Å². The molecule has 8 heteroatoms. The van der Waals surface area contributed by atoms with Gasteiger partial charge in [-0.05, 0) is 24.7 Å². The molecule has 7 nitrogen and oxygen atoms in total. The minimum Gasteiger partial charge on any atom is -0.365 e. The average molecular weight is 361 g/mol. The number of fused-ring (bicyclic) bond motifs is 1. The monoisotopic (exact) mass is 361 g/mol. The molecule has 2 aromatic rings. The second kappa shape index (κ2) is 7.35. The van der Waals surface area contributed by atoms with Crippen LogP contribution in [0, 0.1) is 11.8 Å². The van der Waals surface area contributed by atoms with Crippen molar-refractivity contribution >= 4 is 23.2 Å². The van der Waals surface area contributed by atoms with Gasteiger partial charge in [-0.3, -0.25) is 14.3 Å². The Morgan fingerprint density at radius 2 is 2.28 bits per heavy atom. The first kappa shape index (κ1) is 17.6. The van der Waals surface area contributed by atoms with Crippen LogP contribution in [0.2, 0.25) is 0 Å². The minimum atomic E-state index is -0.453. The average Bonchev–Trinajstić information content (AvgIpc) is 3.18. The number of carbonyl (C=O) groups excluding carboxylic acids is 2. The van der Waals surface area contributed by atoms with Crippen LogP contribution in [0.15, 0.2) is 11.6 Å². The van der Waals surface area contributed by atoms with Crippen molar-refractivity contribution in [3.63, 3.8) is 0 Å². The van der Waals surface area contributed by atoms with Crippen molar-refractivity contribution in [3.8, 4) is 0 Å². The van der Waals surface area contributed by atoms with E-state index >= 15 is 0 Å². The Morgan fingerprint density at radius 3 is 3.00 bits per heavy atom. The van der Waals surface area contributed by atoms with Crippen molar-refractivity contribution < 1.29 is 9.59 Å². The molecule has 0 spiro atoms. The summed E-state index contributed by atoms with van der Waals surface area (Å²) in [5.41, 5.74) is 7.23. The summed E-state index contributed by atoms with van der Waals surface area (Å²) in [5, 5.41) is 9.97. The highest BCUT2D eigenvalue weighted by Gasteiger charge is 2.25. The number of primary amides is 1. The molecule has 0 radical (unpaired) electrons. The van der Waals surface area contributed by atoms with Crippen molar-refractivity contribution in [3.05, 3.63) is 33.5 Å². The van der Waals surface area contributed by atoms with E-state index in [2.05, 4.69) is 29.2 Å². The number of hydrogen-bond donors (Lipinski definition) is 2. The second-order valence-corrected chi connectivity index (χ2v) is 7.83. The highest BCUT2D eigenvalue weighted by Crippen LogP contribution is 2.22. The number of amides is 2. The molecule has 3 rings (SSSR count). The molecule has 0 fully saturated rings. The Bertz CT molecular complexity index is 780. The smallest absolute Gasteiger partial charge is 0.270 e. The summed E-state index contributed by atoms with van der Waals surface area (Å²) in [4.78, 5) is 28.2. The van der Waals surface area contributed by atoms with E-state index in [0.29, 0.717) is 30.1 Å². The maximum atomic E-state index is 12.3. The number of aromatic nitrogens is 3. The normalized spacial score (nSPS) is 16.7. The summed E-state index contributed by atoms with van der Waals surface area (Å²) in [6.07, 6.45) is 4.02. The standard InChI is InChI=1S/C17H23N5O2S/c1-10(2)5-15-21-13(9-25-15)17(24)19-7-11-3-4-22-14(6-11)12(8-20-22)16(18)23/h8-11H,3-7H2,1-2H3,(H2,18,23)(H,19,24)/t11-/m1/s1. The van der Waals surface area contributed by atoms with Gasteiger partial charge in [-0.15, -0.1) is 11.3 Å². The van der Waals surface area contributed by atoms with Crippen molar-refractivity contribution in [2.45, 2.75) is 39.7 Å². The van der Waals surface area contributed by atoms with Crippen molar-refractivity contribution in [1.82, 2.24) is 20.1 Å². The van der Waals surface area contributed by atoms with Gasteiger partial charge in [0.1, 0.15) is 5.69 Å². The van der Waals surface area contributed by atoms with E-state index in [0.717, 1.165) is 30.1 Å². The number of nitrogens with two attached hydrogens (primary N) is 1. The van der Waals surface area contributed by atoms with Gasteiger partial charge in [-0.25, -0.2) is 4.98 Å². The maximum Gasteiger partial charge on any atom is 0.270 e. The van der Waals surface area contributed by atoms with Gasteiger partial charge in [-0.2, -0.15) is 5.10 Å². The molecule has 3 N–H and O–H groups in total. The van der Waals surface area contributed by atoms with Crippen LogP contribution in [0.3, 0.4) is 0 Å². The molecule has 1 aliphatic heterocycles. The van der Waals surface area contributed by atoms with E-state index in [1.165, 1.54) is 17.5 Å². The Kier molecular flexibility index (Phi) is 5.17. The fraction of sp³-hybridized carbons (Fsp3) is 0.529. The fourth-order valence-corrected chi connectivity index (χ4v) is 4.05. The van der Waals surface area contributed by atoms with Crippen molar-refractivity contribution in [1.29, 1.82) is 0 Å². The van der Waals surface area contributed by atoms with E-state index in [4.69, 9.17) is 5.73 Å². The van der Waals surface area contributed by atoms with Crippen LogP contribution in [-0.4, -0.2) is 33.1 Å². The van der Waals surface area contributed by atoms with Crippen LogP contribution in [0.25, 0.3) is 0 Å². The number of rotatable bonds is 6. The molecule has 134 valence electrons. The zero-order valence-corrected chi connectivity index (χ0v) is 15.3. The van der Waals surface area contributed by atoms with E-state index in [-0.39, 0.29) is 11.8 Å². The summed E-state index contributed by atoms with van der Waals surface area (Å²) >= 11 is 1.53. The summed E-state index contributed by atoms with van der Waals surface area (Å²) in [5.74, 6) is 0.195. The Morgan fingerprint density at radius 1 is 1.48 bits per heavy atom. The number of nitrogens with zero attached hydrogens (tertiary/aromatic N) is 3. The number of nitrogens with one attached hydrogen (secondary N) is 1. The van der Waals surface area contributed by atoms with Gasteiger partial charge in [0, 0.05) is 24.9 Å². The Hall–Kier alpha value is -2.22. The van der Waals surface area contributed by atoms with Gasteiger partial charge >= 0.3 is 0 Å². The highest BCUT2D eigenvalue weighted by atomic mass is 32.1. The van der Waals surface area contributed by atoms with Gasteiger partial charge in [0.2, 0.25) is 0 Å². The maximum absolute atomic E-state index is 12.3. The van der Waals surface area contributed by atoms with Crippen molar-refractivity contribution in [2.24, 2.45) is 17.6 Å². The summed E-state index contributed by atoms with van der Waals surface area (Å²) in [6.45, 7) is 5.56. The minimum absolute atomic E-state index is 0.138. The van der Waals surface area contributed by atoms with Crippen LogP contribution in [0.5, 0.6) is 0 Å². The lowest BCUT2D eigenvalue weighted by atomic mass is 9.94. The predicted octanol–water partition coefficient (Wildman–Crippen LogP) is 1.63. The predicted molar refractivity (Wildman–Crippen MR) is 95.5 cm³/mol. The molecule has 2 aromatic heterocycles. The first-order valence-corrected chi connectivity index (χ1v) is 9.39. The first-order valence-electron chi connectivity index (χ1n) is 8.51. The molecule has 0 bridgehead atoms. The molecule has 25 heavy (non-hydrogen) atoms. The summed E-state index contributed by atoms with van der Waals surface area (Å²) in [6, 6.07) is 0. The van der Waals surface area contributed by atoms with E-state index in [1.807, 2.05) is 10.1 Å². The van der Waals surface area contributed by atoms with Gasteiger partial charge in [0.15, 0.2) is 0 Å². The fourth-order valence-electron chi connectivity index (χ4n) is 3.06. The zero-order chi connectivity index (χ0) is 18.0. The highest BCUT2D eigenvalue weighted by molar-refractivity contribution is 7.09. The van der Waals surface area contributed by atoms with Crippen molar-refractivity contribution in [2.75, 3.05) is 6.54 Å². The van der Waals surface area contributed by atoms with Gasteiger partial charge < -0.3 is 11.1 Å². The van der Waals surface area contributed by atoms with Gasteiger partial charge in [0.05, 0.1) is 22.5 Å². The topological polar surface area (TPSA) is 103 Å². The third-order valence-electron chi connectivity index (χ3n) is 4.36. The molecule has 0 saturated carbocycles. The number of thiazole rings is 1. The summed E-state index contributed by atoms with van der Waals surface area (Å²) in [7, 11) is 0. The van der Waals surface area contributed by atoms with Gasteiger partial charge in [-0.1, -0.05) is 13.8 Å². The summed E-state index contributed by atoms with van der Waals surface area (Å²) < 4.78 is 1.83.